The van der Waals surface area contributed by atoms with Gasteiger partial charge in [-0.25, -0.2) is 4.79 Å². The van der Waals surface area contributed by atoms with E-state index in [2.05, 4.69) is 4.98 Å². The van der Waals surface area contributed by atoms with Crippen LogP contribution in [0, 0.1) is 0 Å². The highest BCUT2D eigenvalue weighted by Crippen LogP contribution is 2.19. The first-order valence-corrected chi connectivity index (χ1v) is 8.51. The number of benzene rings is 2. The van der Waals surface area contributed by atoms with E-state index in [1.54, 1.807) is 36.2 Å². The van der Waals surface area contributed by atoms with Crippen LogP contribution in [0.3, 0.4) is 0 Å². The average Bonchev–Trinajstić information content (AvgIpc) is 2.67. The first-order valence-electron chi connectivity index (χ1n) is 8.51. The van der Waals surface area contributed by atoms with Crippen LogP contribution >= 0.6 is 0 Å². The van der Waals surface area contributed by atoms with E-state index in [4.69, 9.17) is 0 Å². The van der Waals surface area contributed by atoms with Gasteiger partial charge in [0.15, 0.2) is 0 Å². The van der Waals surface area contributed by atoms with E-state index in [0.29, 0.717) is 10.9 Å². The fraction of sp³-hybridized carbons (Fsp3) is 0.250. The molecule has 1 aromatic heterocycles. The number of aromatic nitrogens is 2. The molecule has 3 aromatic rings. The molecule has 0 saturated carbocycles. The smallest absolute Gasteiger partial charge is 0.328 e. The fourth-order valence-corrected chi connectivity index (χ4v) is 3.02. The summed E-state index contributed by atoms with van der Waals surface area (Å²) in [6.45, 7) is 2.18. The van der Waals surface area contributed by atoms with Gasteiger partial charge < -0.3 is 4.90 Å². The van der Waals surface area contributed by atoms with Gasteiger partial charge in [0.05, 0.1) is 16.9 Å². The van der Waals surface area contributed by atoms with Gasteiger partial charge in [0.2, 0.25) is 5.91 Å². The summed E-state index contributed by atoms with van der Waals surface area (Å²) < 4.78 is 1.44. The number of fused-ring (bicyclic) bond motifs is 1. The van der Waals surface area contributed by atoms with Crippen LogP contribution in [0.15, 0.2) is 64.2 Å². The second kappa shape index (κ2) is 7.39. The summed E-state index contributed by atoms with van der Waals surface area (Å²) in [6.07, 6.45) is 0.170. The molecule has 3 rings (SSSR count). The molecule has 6 heteroatoms. The summed E-state index contributed by atoms with van der Waals surface area (Å²) in [7, 11) is 1.76. The summed E-state index contributed by atoms with van der Waals surface area (Å²) in [5, 5.41) is 0.436. The Morgan fingerprint density at radius 3 is 2.46 bits per heavy atom. The van der Waals surface area contributed by atoms with Crippen LogP contribution in [0.25, 0.3) is 10.9 Å². The van der Waals surface area contributed by atoms with E-state index < -0.39 is 11.2 Å². The molecule has 0 saturated heterocycles. The highest BCUT2D eigenvalue weighted by molar-refractivity contribution is 5.79. The number of para-hydroxylation sites is 1. The largest absolute Gasteiger partial charge is 0.339 e. The lowest BCUT2D eigenvalue weighted by Crippen LogP contribution is -2.34. The van der Waals surface area contributed by atoms with Crippen molar-refractivity contribution in [3.05, 3.63) is 81.0 Å². The monoisotopic (exact) mass is 351 g/mol. The number of H-pyrrole nitrogens is 1. The SMILES string of the molecule is C[C@H](c1ccccc1)N(C)C(=O)CCn1c(=O)[nH]c(=O)c2ccccc21. The maximum atomic E-state index is 12.6. The van der Waals surface area contributed by atoms with Crippen molar-refractivity contribution in [1.29, 1.82) is 0 Å². The molecule has 0 spiro atoms. The summed E-state index contributed by atoms with van der Waals surface area (Å²) in [4.78, 5) is 40.6. The predicted molar refractivity (Wildman–Crippen MR) is 101 cm³/mol. The molecule has 0 radical (unpaired) electrons. The predicted octanol–water partition coefficient (Wildman–Crippen LogP) is 2.30. The van der Waals surface area contributed by atoms with Gasteiger partial charge >= 0.3 is 5.69 Å². The third-order valence-corrected chi connectivity index (χ3v) is 4.71. The number of aromatic amines is 1. The topological polar surface area (TPSA) is 75.2 Å². The lowest BCUT2D eigenvalue weighted by molar-refractivity contribution is -0.132. The van der Waals surface area contributed by atoms with Gasteiger partial charge in [-0.05, 0) is 24.6 Å². The molecule has 2 aromatic carbocycles. The first kappa shape index (κ1) is 17.7. The fourth-order valence-electron chi connectivity index (χ4n) is 3.02. The Morgan fingerprint density at radius 1 is 1.08 bits per heavy atom. The Kier molecular flexibility index (Phi) is 5.02. The quantitative estimate of drug-likeness (QED) is 0.766. The molecule has 0 bridgehead atoms. The maximum absolute atomic E-state index is 12.6. The van der Waals surface area contributed by atoms with Crippen molar-refractivity contribution in [3.8, 4) is 0 Å². The summed E-state index contributed by atoms with van der Waals surface area (Å²) >= 11 is 0. The van der Waals surface area contributed by atoms with Crippen molar-refractivity contribution in [2.24, 2.45) is 0 Å². The molecule has 1 atom stereocenters. The number of hydrogen-bond donors (Lipinski definition) is 1. The van der Waals surface area contributed by atoms with E-state index in [0.717, 1.165) is 5.56 Å². The third-order valence-electron chi connectivity index (χ3n) is 4.71. The zero-order valence-corrected chi connectivity index (χ0v) is 14.8. The van der Waals surface area contributed by atoms with Crippen LogP contribution < -0.4 is 11.2 Å². The minimum Gasteiger partial charge on any atom is -0.339 e. The number of aryl methyl sites for hydroxylation is 1. The van der Waals surface area contributed by atoms with Gasteiger partial charge in [-0.3, -0.25) is 19.1 Å². The number of rotatable bonds is 5. The lowest BCUT2D eigenvalue weighted by atomic mass is 10.1. The molecule has 0 fully saturated rings. The van der Waals surface area contributed by atoms with Crippen LogP contribution in [-0.4, -0.2) is 27.4 Å². The first-order chi connectivity index (χ1) is 12.5. The van der Waals surface area contributed by atoms with Crippen molar-refractivity contribution in [3.63, 3.8) is 0 Å². The zero-order valence-electron chi connectivity index (χ0n) is 14.8. The Morgan fingerprint density at radius 2 is 1.73 bits per heavy atom. The van der Waals surface area contributed by atoms with Crippen molar-refractivity contribution in [1.82, 2.24) is 14.5 Å². The van der Waals surface area contributed by atoms with Crippen LogP contribution in [0.2, 0.25) is 0 Å². The number of amides is 1. The normalized spacial score (nSPS) is 12.1. The second-order valence-electron chi connectivity index (χ2n) is 6.27. The van der Waals surface area contributed by atoms with Crippen molar-refractivity contribution in [2.45, 2.75) is 25.9 Å². The van der Waals surface area contributed by atoms with Crippen molar-refractivity contribution >= 4 is 16.8 Å². The molecular weight excluding hydrogens is 330 g/mol. The lowest BCUT2D eigenvalue weighted by Gasteiger charge is -2.25. The highest BCUT2D eigenvalue weighted by atomic mass is 16.2. The summed E-state index contributed by atoms with van der Waals surface area (Å²) in [6, 6.07) is 16.6. The van der Waals surface area contributed by atoms with E-state index >= 15 is 0 Å². The zero-order chi connectivity index (χ0) is 18.7. The Hall–Kier alpha value is -3.15. The molecule has 0 aliphatic heterocycles. The van der Waals surface area contributed by atoms with E-state index in [1.165, 1.54) is 4.57 Å². The number of nitrogens with one attached hydrogen (secondary N) is 1. The number of carbonyl (C=O) groups excluding carboxylic acids is 1. The van der Waals surface area contributed by atoms with Gasteiger partial charge in [-0.2, -0.15) is 0 Å². The Bertz CT molecular complexity index is 1040. The minimum atomic E-state index is -0.500. The minimum absolute atomic E-state index is 0.0623. The maximum Gasteiger partial charge on any atom is 0.328 e. The van der Waals surface area contributed by atoms with Gasteiger partial charge in [0.25, 0.3) is 5.56 Å². The molecule has 1 amide bonds. The van der Waals surface area contributed by atoms with Crippen LogP contribution in [-0.2, 0) is 11.3 Å². The van der Waals surface area contributed by atoms with Gasteiger partial charge in [-0.15, -0.1) is 0 Å². The van der Waals surface area contributed by atoms with Gasteiger partial charge in [-0.1, -0.05) is 42.5 Å². The Balaban J connectivity index is 1.79. The Labute approximate surface area is 150 Å². The third kappa shape index (κ3) is 3.44. The molecule has 6 nitrogen and oxygen atoms in total. The van der Waals surface area contributed by atoms with Crippen LogP contribution in [0.1, 0.15) is 24.9 Å². The molecule has 0 aliphatic rings. The number of carbonyl (C=O) groups is 1. The van der Waals surface area contributed by atoms with Crippen molar-refractivity contribution < 1.29 is 4.79 Å². The van der Waals surface area contributed by atoms with Gasteiger partial charge in [0, 0.05) is 20.0 Å². The van der Waals surface area contributed by atoms with E-state index in [1.807, 2.05) is 37.3 Å². The molecule has 1 heterocycles. The molecule has 134 valence electrons. The number of hydrogen-bond acceptors (Lipinski definition) is 3. The van der Waals surface area contributed by atoms with Crippen LogP contribution in [0.5, 0.6) is 0 Å². The molecular formula is C20H21N3O3. The standard InChI is InChI=1S/C20H21N3O3/c1-14(15-8-4-3-5-9-15)22(2)18(24)12-13-23-17-11-7-6-10-16(17)19(25)21-20(23)26/h3-11,14H,12-13H2,1-2H3,(H,21,25,26)/t14-/m1/s1. The summed E-state index contributed by atoms with van der Waals surface area (Å²) in [5.41, 5.74) is 0.672. The number of nitrogens with zero attached hydrogens (tertiary/aromatic N) is 2. The summed E-state index contributed by atoms with van der Waals surface area (Å²) in [5.74, 6) is -0.0662. The molecule has 26 heavy (non-hydrogen) atoms. The van der Waals surface area contributed by atoms with Gasteiger partial charge in [0.1, 0.15) is 0 Å². The highest BCUT2D eigenvalue weighted by Gasteiger charge is 2.17. The molecule has 1 N–H and O–H groups in total. The van der Waals surface area contributed by atoms with Crippen LogP contribution in [0.4, 0.5) is 0 Å². The molecule has 0 unspecified atom stereocenters. The van der Waals surface area contributed by atoms with E-state index in [-0.39, 0.29) is 24.9 Å². The molecule has 0 aliphatic carbocycles. The average molecular weight is 351 g/mol. The second-order valence-corrected chi connectivity index (χ2v) is 6.27. The van der Waals surface area contributed by atoms with Crippen molar-refractivity contribution in [2.75, 3.05) is 7.05 Å². The van der Waals surface area contributed by atoms with E-state index in [9.17, 15) is 14.4 Å².